The number of aromatic amines is 1. The number of halogens is 1. The largest absolute Gasteiger partial charge is 0.477 e. The lowest BCUT2D eigenvalue weighted by atomic mass is 9.91. The maximum Gasteiger partial charge on any atom is 0.341 e. The van der Waals surface area contributed by atoms with E-state index in [0.717, 1.165) is 12.0 Å². The average Bonchev–Trinajstić information content (AvgIpc) is 2.60. The predicted molar refractivity (Wildman–Crippen MR) is 96.1 cm³/mol. The van der Waals surface area contributed by atoms with Crippen LogP contribution in [-0.2, 0) is 0 Å². The van der Waals surface area contributed by atoms with Crippen molar-refractivity contribution in [3.8, 4) is 5.75 Å². The van der Waals surface area contributed by atoms with Gasteiger partial charge in [0.2, 0.25) is 5.43 Å². The number of allylic oxidation sites excluding steroid dienone is 1. The minimum absolute atomic E-state index is 0.0371. The van der Waals surface area contributed by atoms with Crippen LogP contribution in [0.5, 0.6) is 5.75 Å². The van der Waals surface area contributed by atoms with Crippen LogP contribution in [0.3, 0.4) is 0 Å². The smallest absolute Gasteiger partial charge is 0.341 e. The molecule has 0 aliphatic heterocycles. The van der Waals surface area contributed by atoms with Crippen LogP contribution < -0.4 is 20.7 Å². The molecule has 1 atom stereocenters. The Labute approximate surface area is 148 Å². The van der Waals surface area contributed by atoms with E-state index in [2.05, 4.69) is 4.98 Å². The highest BCUT2D eigenvalue weighted by Crippen LogP contribution is 2.21. The van der Waals surface area contributed by atoms with E-state index in [1.165, 1.54) is 6.20 Å². The lowest BCUT2D eigenvalue weighted by Crippen LogP contribution is -2.46. The molecule has 1 aromatic carbocycles. The zero-order valence-electron chi connectivity index (χ0n) is 13.5. The van der Waals surface area contributed by atoms with Gasteiger partial charge in [0, 0.05) is 27.7 Å². The van der Waals surface area contributed by atoms with Crippen LogP contribution in [0.1, 0.15) is 23.7 Å². The van der Waals surface area contributed by atoms with Crippen LogP contribution >= 0.6 is 11.6 Å². The zero-order valence-corrected chi connectivity index (χ0v) is 14.2. The number of carboxylic acid groups (broad SMARTS) is 1. The number of carbonyl (C=O) groups is 1. The fraction of sp³-hybridized carbons (Fsp3) is 0.158. The second kappa shape index (κ2) is 6.99. The van der Waals surface area contributed by atoms with Gasteiger partial charge >= 0.3 is 5.97 Å². The van der Waals surface area contributed by atoms with E-state index in [-0.39, 0.29) is 11.5 Å². The molecule has 3 rings (SSSR count). The summed E-state index contributed by atoms with van der Waals surface area (Å²) in [5.41, 5.74) is 0.153. The van der Waals surface area contributed by atoms with Crippen molar-refractivity contribution < 1.29 is 14.6 Å². The first kappa shape index (κ1) is 17.0. The molecule has 0 saturated carbocycles. The van der Waals surface area contributed by atoms with Gasteiger partial charge in [0.05, 0.1) is 6.26 Å². The summed E-state index contributed by atoms with van der Waals surface area (Å²) < 4.78 is 5.68. The SMILES string of the molecule is CCC1C=c2c([nH]cc(C(=O)O)c2=O)=CC1=COc1ccc(Cl)cc1. The summed E-state index contributed by atoms with van der Waals surface area (Å²) in [6.45, 7) is 1.99. The molecule has 0 spiro atoms. The number of fused-ring (bicyclic) bond motifs is 1. The molecule has 0 bridgehead atoms. The monoisotopic (exact) mass is 357 g/mol. The van der Waals surface area contributed by atoms with Crippen molar-refractivity contribution in [3.05, 3.63) is 73.7 Å². The highest BCUT2D eigenvalue weighted by Gasteiger charge is 2.16. The molecule has 1 aromatic heterocycles. The van der Waals surface area contributed by atoms with Crippen LogP contribution in [0.4, 0.5) is 0 Å². The van der Waals surface area contributed by atoms with Crippen molar-refractivity contribution in [3.63, 3.8) is 0 Å². The zero-order chi connectivity index (χ0) is 18.0. The van der Waals surface area contributed by atoms with Crippen molar-refractivity contribution >= 4 is 29.7 Å². The summed E-state index contributed by atoms with van der Waals surface area (Å²) in [5, 5.41) is 10.7. The third kappa shape index (κ3) is 3.51. The van der Waals surface area contributed by atoms with Gasteiger partial charge in [0.15, 0.2) is 0 Å². The van der Waals surface area contributed by atoms with E-state index < -0.39 is 11.4 Å². The summed E-state index contributed by atoms with van der Waals surface area (Å²) in [5.74, 6) is -0.622. The highest BCUT2D eigenvalue weighted by atomic mass is 35.5. The van der Waals surface area contributed by atoms with Crippen LogP contribution in [0.25, 0.3) is 12.2 Å². The maximum atomic E-state index is 12.3. The van der Waals surface area contributed by atoms with Gasteiger partial charge in [0.25, 0.3) is 0 Å². The molecule has 1 unspecified atom stereocenters. The number of H-pyrrole nitrogens is 1. The molecule has 1 aliphatic rings. The van der Waals surface area contributed by atoms with Crippen molar-refractivity contribution in [1.82, 2.24) is 4.98 Å². The summed E-state index contributed by atoms with van der Waals surface area (Å²) in [6, 6.07) is 7.01. The number of nitrogens with one attached hydrogen (secondary N) is 1. The number of ether oxygens (including phenoxy) is 1. The normalized spacial score (nSPS) is 17.4. The van der Waals surface area contributed by atoms with E-state index in [9.17, 15) is 9.59 Å². The van der Waals surface area contributed by atoms with E-state index in [1.807, 2.05) is 13.0 Å². The fourth-order valence-electron chi connectivity index (χ4n) is 2.70. The third-order valence-electron chi connectivity index (χ3n) is 4.07. The molecule has 2 aromatic rings. The number of carboxylic acids is 1. The average molecular weight is 358 g/mol. The molecule has 0 radical (unpaired) electrons. The molecule has 0 fully saturated rings. The first-order chi connectivity index (χ1) is 12.0. The molecule has 5 nitrogen and oxygen atoms in total. The number of hydrogen-bond donors (Lipinski definition) is 2. The minimum Gasteiger partial charge on any atom is -0.477 e. The van der Waals surface area contributed by atoms with Gasteiger partial charge < -0.3 is 14.8 Å². The predicted octanol–water partition coefficient (Wildman–Crippen LogP) is 2.29. The fourth-order valence-corrected chi connectivity index (χ4v) is 2.83. The van der Waals surface area contributed by atoms with Gasteiger partial charge in [-0.25, -0.2) is 4.79 Å². The molecule has 128 valence electrons. The third-order valence-corrected chi connectivity index (χ3v) is 4.33. The minimum atomic E-state index is -1.24. The number of hydrogen-bond acceptors (Lipinski definition) is 3. The lowest BCUT2D eigenvalue weighted by Gasteiger charge is -2.16. The summed E-state index contributed by atoms with van der Waals surface area (Å²) >= 11 is 5.85. The Hall–Kier alpha value is -2.79. The Kier molecular flexibility index (Phi) is 4.76. The Morgan fingerprint density at radius 3 is 2.72 bits per heavy atom. The number of benzene rings is 1. The molecule has 0 saturated heterocycles. The first-order valence-corrected chi connectivity index (χ1v) is 8.18. The highest BCUT2D eigenvalue weighted by molar-refractivity contribution is 6.30. The van der Waals surface area contributed by atoms with Crippen molar-refractivity contribution in [2.75, 3.05) is 0 Å². The Morgan fingerprint density at radius 2 is 2.08 bits per heavy atom. The van der Waals surface area contributed by atoms with Gasteiger partial charge in [-0.05, 0) is 42.3 Å². The van der Waals surface area contributed by atoms with Crippen LogP contribution in [0.2, 0.25) is 5.02 Å². The second-order valence-corrected chi connectivity index (χ2v) is 6.12. The number of rotatable bonds is 4. The van der Waals surface area contributed by atoms with Gasteiger partial charge in [-0.3, -0.25) is 4.79 Å². The van der Waals surface area contributed by atoms with E-state index in [4.69, 9.17) is 21.4 Å². The number of aromatic carboxylic acids is 1. The molecular weight excluding hydrogens is 342 g/mol. The number of aromatic nitrogens is 1. The van der Waals surface area contributed by atoms with Gasteiger partial charge in [0.1, 0.15) is 11.3 Å². The Morgan fingerprint density at radius 1 is 1.36 bits per heavy atom. The topological polar surface area (TPSA) is 79.4 Å². The van der Waals surface area contributed by atoms with Gasteiger partial charge in [-0.2, -0.15) is 0 Å². The maximum absolute atomic E-state index is 12.3. The van der Waals surface area contributed by atoms with E-state index >= 15 is 0 Å². The summed E-state index contributed by atoms with van der Waals surface area (Å²) in [6.07, 6.45) is 7.21. The molecule has 1 aliphatic carbocycles. The van der Waals surface area contributed by atoms with E-state index in [0.29, 0.717) is 21.3 Å². The van der Waals surface area contributed by atoms with Crippen LogP contribution in [-0.4, -0.2) is 16.1 Å². The van der Waals surface area contributed by atoms with Crippen molar-refractivity contribution in [1.29, 1.82) is 0 Å². The molecule has 1 heterocycles. The van der Waals surface area contributed by atoms with Gasteiger partial charge in [-0.15, -0.1) is 0 Å². The second-order valence-electron chi connectivity index (χ2n) is 5.68. The molecule has 2 N–H and O–H groups in total. The Balaban J connectivity index is 2.02. The van der Waals surface area contributed by atoms with Crippen LogP contribution in [0.15, 0.2) is 47.1 Å². The summed E-state index contributed by atoms with van der Waals surface area (Å²) in [7, 11) is 0. The Bertz CT molecular complexity index is 1020. The quantitative estimate of drug-likeness (QED) is 0.823. The molecule has 25 heavy (non-hydrogen) atoms. The molecular formula is C19H16ClNO4. The standard InChI is InChI=1S/C19H16ClNO4/c1-2-11-7-15-17(21-9-16(18(15)22)19(23)24)8-12(11)10-25-14-5-3-13(20)4-6-14/h3-11,21H,2H2,1H3,(H,23,24). The van der Waals surface area contributed by atoms with Crippen LogP contribution in [0, 0.1) is 5.92 Å². The van der Waals surface area contributed by atoms with E-state index in [1.54, 1.807) is 36.6 Å². The summed E-state index contributed by atoms with van der Waals surface area (Å²) in [4.78, 5) is 26.3. The van der Waals surface area contributed by atoms with Gasteiger partial charge in [-0.1, -0.05) is 24.6 Å². The number of pyridine rings is 1. The van der Waals surface area contributed by atoms with Crippen molar-refractivity contribution in [2.24, 2.45) is 5.92 Å². The lowest BCUT2D eigenvalue weighted by molar-refractivity contribution is 0.0695. The molecule has 6 heteroatoms. The first-order valence-electron chi connectivity index (χ1n) is 7.80. The van der Waals surface area contributed by atoms with Crippen molar-refractivity contribution in [2.45, 2.75) is 13.3 Å². The molecule has 0 amide bonds.